The van der Waals surface area contributed by atoms with Gasteiger partial charge in [0.05, 0.1) is 6.61 Å². The lowest BCUT2D eigenvalue weighted by molar-refractivity contribution is -0.123. The second kappa shape index (κ2) is 10.5. The Labute approximate surface area is 190 Å². The molecule has 0 aliphatic heterocycles. The van der Waals surface area contributed by atoms with Gasteiger partial charge in [-0.1, -0.05) is 36.4 Å². The number of nitrogen functional groups attached to an aromatic ring is 1. The molecule has 0 atom stereocenters. The average Bonchev–Trinajstić information content (AvgIpc) is 2.82. The predicted molar refractivity (Wildman–Crippen MR) is 121 cm³/mol. The van der Waals surface area contributed by atoms with E-state index in [9.17, 15) is 20.1 Å². The van der Waals surface area contributed by atoms with E-state index in [2.05, 4.69) is 10.3 Å². The van der Waals surface area contributed by atoms with Gasteiger partial charge in [0.1, 0.15) is 29.1 Å². The first-order valence-corrected chi connectivity index (χ1v) is 10.0. The molecule has 0 fully saturated rings. The number of ether oxygens (including phenoxy) is 2. The Morgan fingerprint density at radius 2 is 1.79 bits per heavy atom. The van der Waals surface area contributed by atoms with Crippen LogP contribution >= 0.6 is 0 Å². The van der Waals surface area contributed by atoms with Gasteiger partial charge in [-0.2, -0.15) is 10.5 Å². The molecule has 1 heterocycles. The highest BCUT2D eigenvalue weighted by molar-refractivity contribution is 5.81. The van der Waals surface area contributed by atoms with Gasteiger partial charge < -0.3 is 25.5 Å². The van der Waals surface area contributed by atoms with Crippen LogP contribution in [-0.2, 0) is 11.3 Å². The Morgan fingerprint density at radius 3 is 2.45 bits per heavy atom. The van der Waals surface area contributed by atoms with Crippen molar-refractivity contribution >= 4 is 11.7 Å². The van der Waals surface area contributed by atoms with Gasteiger partial charge in [0.15, 0.2) is 18.1 Å². The van der Waals surface area contributed by atoms with Crippen molar-refractivity contribution in [1.82, 2.24) is 10.3 Å². The third kappa shape index (κ3) is 5.30. The first-order valence-electron chi connectivity index (χ1n) is 10.0. The van der Waals surface area contributed by atoms with E-state index in [1.165, 1.54) is 6.07 Å². The first-order chi connectivity index (χ1) is 16.0. The summed E-state index contributed by atoms with van der Waals surface area (Å²) in [7, 11) is 0. The number of nitrogens with zero attached hydrogens (tertiary/aromatic N) is 2. The maximum absolute atomic E-state index is 12.2. The van der Waals surface area contributed by atoms with Crippen molar-refractivity contribution in [2.24, 2.45) is 0 Å². The largest absolute Gasteiger partial charge is 0.490 e. The van der Waals surface area contributed by atoms with Crippen LogP contribution in [0.3, 0.4) is 0 Å². The standard InChI is InChI=1S/C24H21N5O4/c1-2-32-20-10-16(22-17(11-25)23(27)29-24(31)18(22)12-26)8-9-19(20)33-14-21(30)28-13-15-6-4-3-5-7-15/h3-10H,2,13-14H2,1H3,(H,28,30)(H3,27,29,31). The highest BCUT2D eigenvalue weighted by Crippen LogP contribution is 2.35. The Balaban J connectivity index is 1.85. The Bertz CT molecular complexity index is 1300. The summed E-state index contributed by atoms with van der Waals surface area (Å²) in [6, 6.07) is 17.9. The lowest BCUT2D eigenvalue weighted by atomic mass is 9.96. The number of aromatic amines is 1. The highest BCUT2D eigenvalue weighted by atomic mass is 16.5. The van der Waals surface area contributed by atoms with Crippen LogP contribution in [0.4, 0.5) is 5.82 Å². The molecule has 0 saturated carbocycles. The van der Waals surface area contributed by atoms with E-state index in [-0.39, 0.29) is 40.8 Å². The average molecular weight is 443 g/mol. The number of nitrogens with one attached hydrogen (secondary N) is 2. The number of benzene rings is 2. The van der Waals surface area contributed by atoms with Crippen molar-refractivity contribution in [3.63, 3.8) is 0 Å². The van der Waals surface area contributed by atoms with Gasteiger partial charge in [-0.3, -0.25) is 9.59 Å². The Kier molecular flexibility index (Phi) is 7.30. The number of carbonyl (C=O) groups excluding carboxylic acids is 1. The van der Waals surface area contributed by atoms with E-state index in [0.717, 1.165) is 5.56 Å². The number of aromatic nitrogens is 1. The number of nitriles is 2. The van der Waals surface area contributed by atoms with Crippen molar-refractivity contribution in [3.05, 3.63) is 75.6 Å². The van der Waals surface area contributed by atoms with Crippen LogP contribution in [0, 0.1) is 22.7 Å². The number of hydrogen-bond acceptors (Lipinski definition) is 7. The summed E-state index contributed by atoms with van der Waals surface area (Å²) >= 11 is 0. The molecule has 3 rings (SSSR count). The van der Waals surface area contributed by atoms with Gasteiger partial charge in [-0.05, 0) is 30.2 Å². The number of H-pyrrole nitrogens is 1. The molecule has 1 aromatic heterocycles. The van der Waals surface area contributed by atoms with Gasteiger partial charge in [0.2, 0.25) is 0 Å². The summed E-state index contributed by atoms with van der Waals surface area (Å²) in [5, 5.41) is 21.7. The monoisotopic (exact) mass is 443 g/mol. The SMILES string of the molecule is CCOc1cc(-c2c(C#N)c(N)[nH]c(=O)c2C#N)ccc1OCC(=O)NCc1ccccc1. The van der Waals surface area contributed by atoms with Crippen LogP contribution in [0.2, 0.25) is 0 Å². The molecule has 9 nitrogen and oxygen atoms in total. The Morgan fingerprint density at radius 1 is 1.06 bits per heavy atom. The van der Waals surface area contributed by atoms with Crippen LogP contribution in [0.5, 0.6) is 11.5 Å². The topological polar surface area (TPSA) is 154 Å². The maximum atomic E-state index is 12.2. The zero-order valence-electron chi connectivity index (χ0n) is 17.8. The summed E-state index contributed by atoms with van der Waals surface area (Å²) < 4.78 is 11.3. The molecule has 0 bridgehead atoms. The van der Waals surface area contributed by atoms with Crippen LogP contribution in [0.15, 0.2) is 53.3 Å². The first kappa shape index (κ1) is 22.9. The minimum atomic E-state index is -0.697. The van der Waals surface area contributed by atoms with E-state index >= 15 is 0 Å². The molecule has 0 aliphatic carbocycles. The molecule has 0 saturated heterocycles. The number of rotatable bonds is 8. The molecular formula is C24H21N5O4. The summed E-state index contributed by atoms with van der Waals surface area (Å²) in [5.41, 5.74) is 6.27. The molecule has 2 aromatic carbocycles. The predicted octanol–water partition coefficient (Wildman–Crippen LogP) is 2.46. The normalized spacial score (nSPS) is 10.0. The third-order valence-corrected chi connectivity index (χ3v) is 4.69. The zero-order valence-corrected chi connectivity index (χ0v) is 17.8. The molecule has 0 unspecified atom stereocenters. The number of anilines is 1. The smallest absolute Gasteiger partial charge is 0.268 e. The van der Waals surface area contributed by atoms with Crippen molar-refractivity contribution in [1.29, 1.82) is 10.5 Å². The second-order valence-electron chi connectivity index (χ2n) is 6.86. The highest BCUT2D eigenvalue weighted by Gasteiger charge is 2.20. The number of nitrogens with two attached hydrogens (primary N) is 1. The molecule has 33 heavy (non-hydrogen) atoms. The van der Waals surface area contributed by atoms with Crippen molar-refractivity contribution in [3.8, 4) is 34.8 Å². The fourth-order valence-electron chi connectivity index (χ4n) is 3.17. The molecule has 4 N–H and O–H groups in total. The Hall–Kier alpha value is -4.76. The van der Waals surface area contributed by atoms with Gasteiger partial charge in [-0.25, -0.2) is 0 Å². The number of amides is 1. The van der Waals surface area contributed by atoms with Crippen LogP contribution < -0.4 is 26.1 Å². The lowest BCUT2D eigenvalue weighted by Crippen LogP contribution is -2.28. The van der Waals surface area contributed by atoms with E-state index in [0.29, 0.717) is 24.5 Å². The number of carbonyl (C=O) groups is 1. The van der Waals surface area contributed by atoms with E-state index in [4.69, 9.17) is 15.2 Å². The minimum Gasteiger partial charge on any atom is -0.490 e. The molecule has 0 radical (unpaired) electrons. The van der Waals surface area contributed by atoms with E-state index in [1.807, 2.05) is 42.5 Å². The molecule has 9 heteroatoms. The maximum Gasteiger partial charge on any atom is 0.268 e. The summed E-state index contributed by atoms with van der Waals surface area (Å²) in [6.07, 6.45) is 0. The van der Waals surface area contributed by atoms with Crippen LogP contribution in [-0.4, -0.2) is 24.1 Å². The molecule has 1 amide bonds. The summed E-state index contributed by atoms with van der Waals surface area (Å²) in [6.45, 7) is 2.21. The lowest BCUT2D eigenvalue weighted by Gasteiger charge is -2.15. The van der Waals surface area contributed by atoms with Gasteiger partial charge in [0, 0.05) is 12.1 Å². The summed E-state index contributed by atoms with van der Waals surface area (Å²) in [5.74, 6) is 0.138. The third-order valence-electron chi connectivity index (χ3n) is 4.69. The van der Waals surface area contributed by atoms with Crippen LogP contribution in [0.25, 0.3) is 11.1 Å². The van der Waals surface area contributed by atoms with Crippen molar-refractivity contribution in [2.75, 3.05) is 18.9 Å². The summed E-state index contributed by atoms with van der Waals surface area (Å²) in [4.78, 5) is 26.7. The quantitative estimate of drug-likeness (QED) is 0.483. The minimum absolute atomic E-state index is 0.0254. The van der Waals surface area contributed by atoms with Crippen molar-refractivity contribution in [2.45, 2.75) is 13.5 Å². The van der Waals surface area contributed by atoms with Crippen molar-refractivity contribution < 1.29 is 14.3 Å². The molecule has 166 valence electrons. The molecule has 0 aliphatic rings. The van der Waals surface area contributed by atoms with E-state index in [1.54, 1.807) is 19.1 Å². The van der Waals surface area contributed by atoms with E-state index < -0.39 is 5.56 Å². The zero-order chi connectivity index (χ0) is 23.8. The fraction of sp³-hybridized carbons (Fsp3) is 0.167. The number of pyridine rings is 1. The van der Waals surface area contributed by atoms with Gasteiger partial charge in [0.25, 0.3) is 11.5 Å². The fourth-order valence-corrected chi connectivity index (χ4v) is 3.17. The number of hydrogen-bond donors (Lipinski definition) is 3. The molecule has 0 spiro atoms. The van der Waals surface area contributed by atoms with Crippen LogP contribution in [0.1, 0.15) is 23.6 Å². The van der Waals surface area contributed by atoms with Gasteiger partial charge >= 0.3 is 0 Å². The van der Waals surface area contributed by atoms with Gasteiger partial charge in [-0.15, -0.1) is 0 Å². The second-order valence-corrected chi connectivity index (χ2v) is 6.86. The molecular weight excluding hydrogens is 422 g/mol. The molecule has 3 aromatic rings.